The van der Waals surface area contributed by atoms with E-state index in [0.29, 0.717) is 10.6 Å². The van der Waals surface area contributed by atoms with Gasteiger partial charge >= 0.3 is 0 Å². The molecular formula is C14H21ClFNO. The summed E-state index contributed by atoms with van der Waals surface area (Å²) in [5.74, 6) is -0.381. The molecule has 0 heterocycles. The third-order valence-electron chi connectivity index (χ3n) is 3.88. The van der Waals surface area contributed by atoms with Crippen LogP contribution in [0.1, 0.15) is 38.4 Å². The minimum Gasteiger partial charge on any atom is -0.386 e. The van der Waals surface area contributed by atoms with Crippen LogP contribution in [0.5, 0.6) is 0 Å². The van der Waals surface area contributed by atoms with Crippen molar-refractivity contribution in [2.75, 3.05) is 14.1 Å². The lowest BCUT2D eigenvalue weighted by atomic mass is 9.81. The van der Waals surface area contributed by atoms with Crippen molar-refractivity contribution in [2.45, 2.75) is 38.3 Å². The van der Waals surface area contributed by atoms with Gasteiger partial charge in [0.05, 0.1) is 11.6 Å². The lowest BCUT2D eigenvalue weighted by Gasteiger charge is -2.43. The Kier molecular flexibility index (Phi) is 5.14. The number of halogens is 2. The van der Waals surface area contributed by atoms with Crippen molar-refractivity contribution < 1.29 is 9.50 Å². The van der Waals surface area contributed by atoms with E-state index in [1.54, 1.807) is 0 Å². The minimum atomic E-state index is -0.814. The fraction of sp³-hybridized carbons (Fsp3) is 0.571. The molecule has 1 unspecified atom stereocenters. The summed E-state index contributed by atoms with van der Waals surface area (Å²) in [5, 5.41) is 11.0. The van der Waals surface area contributed by atoms with Crippen LogP contribution in [0.4, 0.5) is 4.39 Å². The summed E-state index contributed by atoms with van der Waals surface area (Å²) < 4.78 is 13.3. The molecule has 0 aliphatic rings. The van der Waals surface area contributed by atoms with Gasteiger partial charge in [0, 0.05) is 10.6 Å². The standard InChI is InChI=1S/C14H21ClFNO/c1-5-14(6-2,17(3)4)13(18)11-9-10(16)7-8-12(11)15/h7-9,13,18H,5-6H2,1-4H3. The lowest BCUT2D eigenvalue weighted by Crippen LogP contribution is -2.48. The van der Waals surface area contributed by atoms with E-state index in [0.717, 1.165) is 12.8 Å². The number of benzene rings is 1. The Morgan fingerprint density at radius 2 is 1.89 bits per heavy atom. The smallest absolute Gasteiger partial charge is 0.123 e. The van der Waals surface area contributed by atoms with Gasteiger partial charge in [-0.2, -0.15) is 0 Å². The molecule has 0 saturated carbocycles. The summed E-state index contributed by atoms with van der Waals surface area (Å²) in [6, 6.07) is 4.10. The van der Waals surface area contributed by atoms with Crippen molar-refractivity contribution in [3.63, 3.8) is 0 Å². The van der Waals surface area contributed by atoms with Gasteiger partial charge in [0.15, 0.2) is 0 Å². The highest BCUT2D eigenvalue weighted by atomic mass is 35.5. The summed E-state index contributed by atoms with van der Waals surface area (Å²) in [4.78, 5) is 1.99. The Morgan fingerprint density at radius 1 is 1.33 bits per heavy atom. The summed E-state index contributed by atoms with van der Waals surface area (Å²) in [7, 11) is 3.84. The number of rotatable bonds is 5. The van der Waals surface area contributed by atoms with Crippen molar-refractivity contribution in [2.24, 2.45) is 0 Å². The van der Waals surface area contributed by atoms with Crippen molar-refractivity contribution in [3.05, 3.63) is 34.6 Å². The molecular weight excluding hydrogens is 253 g/mol. The predicted molar refractivity (Wildman–Crippen MR) is 73.4 cm³/mol. The van der Waals surface area contributed by atoms with Crippen LogP contribution in [-0.4, -0.2) is 29.6 Å². The van der Waals surface area contributed by atoms with Gasteiger partial charge in [-0.25, -0.2) is 4.39 Å². The van der Waals surface area contributed by atoms with E-state index in [2.05, 4.69) is 0 Å². The first-order valence-electron chi connectivity index (χ1n) is 6.19. The van der Waals surface area contributed by atoms with Gasteiger partial charge < -0.3 is 10.0 Å². The minimum absolute atomic E-state index is 0.381. The van der Waals surface area contributed by atoms with Gasteiger partial charge in [-0.15, -0.1) is 0 Å². The van der Waals surface area contributed by atoms with Crippen LogP contribution in [0.3, 0.4) is 0 Å². The maximum absolute atomic E-state index is 13.3. The van der Waals surface area contributed by atoms with E-state index < -0.39 is 11.6 Å². The molecule has 0 aliphatic carbocycles. The van der Waals surface area contributed by atoms with E-state index in [4.69, 9.17) is 11.6 Å². The zero-order valence-electron chi connectivity index (χ0n) is 11.4. The van der Waals surface area contributed by atoms with E-state index >= 15 is 0 Å². The normalized spacial score (nSPS) is 14.0. The summed E-state index contributed by atoms with van der Waals surface area (Å²) in [6.45, 7) is 4.03. The molecule has 4 heteroatoms. The summed E-state index contributed by atoms with van der Waals surface area (Å²) in [6.07, 6.45) is 0.695. The first kappa shape index (κ1) is 15.4. The van der Waals surface area contributed by atoms with Gasteiger partial charge in [0.2, 0.25) is 0 Å². The molecule has 0 bridgehead atoms. The van der Waals surface area contributed by atoms with Crippen LogP contribution in [0.15, 0.2) is 18.2 Å². The maximum atomic E-state index is 13.3. The van der Waals surface area contributed by atoms with Gasteiger partial charge in [-0.05, 0) is 45.1 Å². The van der Waals surface area contributed by atoms with E-state index in [-0.39, 0.29) is 5.82 Å². The molecule has 102 valence electrons. The molecule has 0 aromatic heterocycles. The van der Waals surface area contributed by atoms with Crippen molar-refractivity contribution >= 4 is 11.6 Å². The Morgan fingerprint density at radius 3 is 2.33 bits per heavy atom. The Balaban J connectivity index is 3.25. The average Bonchev–Trinajstić information content (AvgIpc) is 2.34. The quantitative estimate of drug-likeness (QED) is 0.885. The molecule has 1 aromatic rings. The second kappa shape index (κ2) is 6.00. The SMILES string of the molecule is CCC(CC)(C(O)c1cc(F)ccc1Cl)N(C)C. The highest BCUT2D eigenvalue weighted by Gasteiger charge is 2.38. The number of hydrogen-bond donors (Lipinski definition) is 1. The molecule has 1 rings (SSSR count). The first-order chi connectivity index (χ1) is 8.39. The molecule has 0 aliphatic heterocycles. The van der Waals surface area contributed by atoms with Crippen LogP contribution >= 0.6 is 11.6 Å². The fourth-order valence-electron chi connectivity index (χ4n) is 2.53. The summed E-state index contributed by atoms with van der Waals surface area (Å²) in [5.41, 5.74) is 0.0197. The van der Waals surface area contributed by atoms with Crippen LogP contribution in [-0.2, 0) is 0 Å². The highest BCUT2D eigenvalue weighted by Crippen LogP contribution is 2.38. The third kappa shape index (κ3) is 2.68. The van der Waals surface area contributed by atoms with Crippen LogP contribution in [0.2, 0.25) is 5.02 Å². The lowest BCUT2D eigenvalue weighted by molar-refractivity contribution is -0.0150. The number of aliphatic hydroxyl groups is 1. The summed E-state index contributed by atoms with van der Waals surface area (Å²) >= 11 is 6.07. The zero-order chi connectivity index (χ0) is 13.9. The average molecular weight is 274 g/mol. The van der Waals surface area contributed by atoms with Crippen molar-refractivity contribution in [3.8, 4) is 0 Å². The predicted octanol–water partition coefficient (Wildman–Crippen LogP) is 3.63. The molecule has 0 radical (unpaired) electrons. The number of likely N-dealkylation sites (N-methyl/N-ethyl adjacent to an activating group) is 1. The monoisotopic (exact) mass is 273 g/mol. The van der Waals surface area contributed by atoms with Crippen molar-refractivity contribution in [1.29, 1.82) is 0 Å². The maximum Gasteiger partial charge on any atom is 0.123 e. The van der Waals surface area contributed by atoms with Gasteiger partial charge in [-0.1, -0.05) is 25.4 Å². The van der Waals surface area contributed by atoms with Crippen LogP contribution in [0.25, 0.3) is 0 Å². The van der Waals surface area contributed by atoms with Gasteiger partial charge in [0.25, 0.3) is 0 Å². The van der Waals surface area contributed by atoms with E-state index in [9.17, 15) is 9.50 Å². The topological polar surface area (TPSA) is 23.5 Å². The van der Waals surface area contributed by atoms with Gasteiger partial charge in [-0.3, -0.25) is 0 Å². The zero-order valence-corrected chi connectivity index (χ0v) is 12.1. The molecule has 2 nitrogen and oxygen atoms in total. The molecule has 18 heavy (non-hydrogen) atoms. The molecule has 1 aromatic carbocycles. The fourth-order valence-corrected chi connectivity index (χ4v) is 2.75. The third-order valence-corrected chi connectivity index (χ3v) is 4.22. The molecule has 0 saturated heterocycles. The molecule has 0 fully saturated rings. The van der Waals surface area contributed by atoms with Crippen molar-refractivity contribution in [1.82, 2.24) is 4.90 Å². The second-order valence-electron chi connectivity index (χ2n) is 4.77. The van der Waals surface area contributed by atoms with Crippen LogP contribution in [0, 0.1) is 5.82 Å². The Bertz CT molecular complexity index is 405. The van der Waals surface area contributed by atoms with Crippen LogP contribution < -0.4 is 0 Å². The Hall–Kier alpha value is -0.640. The molecule has 0 spiro atoms. The Labute approximate surface area is 113 Å². The van der Waals surface area contributed by atoms with E-state index in [1.165, 1.54) is 18.2 Å². The number of nitrogens with zero attached hydrogens (tertiary/aromatic N) is 1. The second-order valence-corrected chi connectivity index (χ2v) is 5.18. The molecule has 1 atom stereocenters. The van der Waals surface area contributed by atoms with Gasteiger partial charge in [0.1, 0.15) is 5.82 Å². The van der Waals surface area contributed by atoms with E-state index in [1.807, 2.05) is 32.8 Å². The molecule has 1 N–H and O–H groups in total. The number of aliphatic hydroxyl groups excluding tert-OH is 1. The number of hydrogen-bond acceptors (Lipinski definition) is 2. The molecule has 0 amide bonds. The largest absolute Gasteiger partial charge is 0.386 e. The first-order valence-corrected chi connectivity index (χ1v) is 6.57. The highest BCUT2D eigenvalue weighted by molar-refractivity contribution is 6.31.